The third kappa shape index (κ3) is 3.03. The Balaban J connectivity index is 1.25. The molecule has 1 aromatic carbocycles. The van der Waals surface area contributed by atoms with Gasteiger partial charge in [-0.15, -0.1) is 10.2 Å². The first-order valence-electron chi connectivity index (χ1n) is 10.5. The summed E-state index contributed by atoms with van der Waals surface area (Å²) >= 11 is 0. The van der Waals surface area contributed by atoms with Crippen molar-refractivity contribution in [1.82, 2.24) is 35.0 Å². The average molecular weight is 428 g/mol. The summed E-state index contributed by atoms with van der Waals surface area (Å²) in [5.41, 5.74) is 5.01. The Morgan fingerprint density at radius 3 is 2.81 bits per heavy atom. The van der Waals surface area contributed by atoms with Crippen molar-refractivity contribution in [2.24, 2.45) is 0 Å². The van der Waals surface area contributed by atoms with Crippen LogP contribution in [-0.4, -0.2) is 53.2 Å². The lowest BCUT2D eigenvalue weighted by Crippen LogP contribution is -2.35. The normalized spacial score (nSPS) is 19.2. The number of benzene rings is 1. The lowest BCUT2D eigenvalue weighted by atomic mass is 10.0. The molecule has 32 heavy (non-hydrogen) atoms. The fourth-order valence-electron chi connectivity index (χ4n) is 4.39. The third-order valence-corrected chi connectivity index (χ3v) is 6.04. The Hall–Kier alpha value is -4.08. The number of hydrogen-bond acceptors (Lipinski definition) is 7. The predicted molar refractivity (Wildman–Crippen MR) is 114 cm³/mol. The SMILES string of the molecule is CCc1cn(-c2ccc(-c3ccc4c(c3)C[C@H]3[C@H](Cn5ccnn5)OC(=O)N43)cn2)nn1. The number of rotatable bonds is 5. The number of anilines is 1. The van der Waals surface area contributed by atoms with Gasteiger partial charge in [0.25, 0.3) is 0 Å². The highest BCUT2D eigenvalue weighted by Crippen LogP contribution is 2.40. The second-order valence-corrected chi connectivity index (χ2v) is 7.95. The molecular formula is C22H20N8O2. The fraction of sp³-hybridized carbons (Fsp3) is 0.273. The molecule has 0 radical (unpaired) electrons. The number of pyridine rings is 1. The molecule has 0 unspecified atom stereocenters. The maximum absolute atomic E-state index is 12.5. The van der Waals surface area contributed by atoms with Crippen molar-refractivity contribution < 1.29 is 9.53 Å². The van der Waals surface area contributed by atoms with Crippen molar-refractivity contribution in [1.29, 1.82) is 0 Å². The molecule has 2 aliphatic rings. The fourth-order valence-corrected chi connectivity index (χ4v) is 4.39. The van der Waals surface area contributed by atoms with Crippen LogP contribution in [0, 0.1) is 0 Å². The second-order valence-electron chi connectivity index (χ2n) is 7.95. The molecule has 5 heterocycles. The van der Waals surface area contributed by atoms with Crippen LogP contribution in [0.25, 0.3) is 16.9 Å². The monoisotopic (exact) mass is 428 g/mol. The average Bonchev–Trinajstić information content (AvgIpc) is 3.60. The summed E-state index contributed by atoms with van der Waals surface area (Å²) in [5, 5.41) is 16.1. The molecule has 6 rings (SSSR count). The summed E-state index contributed by atoms with van der Waals surface area (Å²) in [4.78, 5) is 18.9. The van der Waals surface area contributed by atoms with E-state index in [0.717, 1.165) is 46.7 Å². The van der Waals surface area contributed by atoms with Crippen molar-refractivity contribution in [3.63, 3.8) is 0 Å². The second kappa shape index (κ2) is 7.26. The van der Waals surface area contributed by atoms with Gasteiger partial charge in [-0.25, -0.2) is 19.1 Å². The van der Waals surface area contributed by atoms with Crippen LogP contribution in [0.4, 0.5) is 10.5 Å². The smallest absolute Gasteiger partial charge is 0.415 e. The summed E-state index contributed by atoms with van der Waals surface area (Å²) in [5.74, 6) is 0.724. The number of fused-ring (bicyclic) bond motifs is 3. The van der Waals surface area contributed by atoms with Gasteiger partial charge in [-0.1, -0.05) is 23.4 Å². The van der Waals surface area contributed by atoms with Crippen LogP contribution in [0.2, 0.25) is 0 Å². The van der Waals surface area contributed by atoms with Gasteiger partial charge in [-0.3, -0.25) is 4.90 Å². The van der Waals surface area contributed by atoms with E-state index in [1.54, 1.807) is 26.7 Å². The Labute approximate surface area is 183 Å². The van der Waals surface area contributed by atoms with E-state index < -0.39 is 0 Å². The van der Waals surface area contributed by atoms with Crippen LogP contribution in [0.3, 0.4) is 0 Å². The molecule has 1 saturated heterocycles. The number of hydrogen-bond donors (Lipinski definition) is 0. The van der Waals surface area contributed by atoms with E-state index in [1.807, 2.05) is 43.6 Å². The van der Waals surface area contributed by atoms with Crippen molar-refractivity contribution in [3.05, 3.63) is 66.4 Å². The number of nitrogens with zero attached hydrogens (tertiary/aromatic N) is 8. The van der Waals surface area contributed by atoms with Crippen LogP contribution in [-0.2, 0) is 24.1 Å². The third-order valence-electron chi connectivity index (χ3n) is 6.04. The molecule has 0 saturated carbocycles. The van der Waals surface area contributed by atoms with Crippen LogP contribution in [0.5, 0.6) is 0 Å². The number of carbonyl (C=O) groups is 1. The summed E-state index contributed by atoms with van der Waals surface area (Å²) in [7, 11) is 0. The van der Waals surface area contributed by atoms with E-state index in [1.165, 1.54) is 0 Å². The zero-order valence-electron chi connectivity index (χ0n) is 17.4. The Morgan fingerprint density at radius 2 is 2.06 bits per heavy atom. The molecule has 10 nitrogen and oxygen atoms in total. The molecule has 2 aliphatic heterocycles. The first-order chi connectivity index (χ1) is 15.7. The highest BCUT2D eigenvalue weighted by Gasteiger charge is 2.47. The minimum atomic E-state index is -0.308. The number of ether oxygens (including phenoxy) is 1. The largest absolute Gasteiger partial charge is 0.442 e. The van der Waals surface area contributed by atoms with Gasteiger partial charge in [0.05, 0.1) is 36.4 Å². The summed E-state index contributed by atoms with van der Waals surface area (Å²) in [6.45, 7) is 2.53. The van der Waals surface area contributed by atoms with Gasteiger partial charge in [0.1, 0.15) is 6.10 Å². The van der Waals surface area contributed by atoms with Crippen LogP contribution < -0.4 is 4.90 Å². The van der Waals surface area contributed by atoms with Crippen LogP contribution in [0.15, 0.2) is 55.1 Å². The molecule has 0 N–H and O–H groups in total. The molecule has 3 aromatic heterocycles. The minimum absolute atomic E-state index is 0.0440. The standard InChI is InChI=1S/C22H20N8O2/c1-2-17-12-29(27-25-17)21-6-4-15(11-23-21)14-3-5-18-16(9-14)10-19-20(32-22(31)30(18)19)13-28-8-7-24-26-28/h3-9,11-12,19-20H,2,10,13H2,1H3/t19-,20-/m0/s1. The first kappa shape index (κ1) is 18.7. The van der Waals surface area contributed by atoms with Gasteiger partial charge in [0, 0.05) is 18.0 Å². The van der Waals surface area contributed by atoms with E-state index in [4.69, 9.17) is 4.74 Å². The van der Waals surface area contributed by atoms with Crippen LogP contribution >= 0.6 is 0 Å². The van der Waals surface area contributed by atoms with Crippen molar-refractivity contribution >= 4 is 11.8 Å². The van der Waals surface area contributed by atoms with E-state index in [-0.39, 0.29) is 18.2 Å². The number of aryl methyl sites for hydroxylation is 1. The quantitative estimate of drug-likeness (QED) is 0.481. The topological polar surface area (TPSA) is 104 Å². The first-order valence-corrected chi connectivity index (χ1v) is 10.5. The number of carbonyl (C=O) groups excluding carboxylic acids is 1. The molecule has 0 bridgehead atoms. The molecule has 10 heteroatoms. The van der Waals surface area contributed by atoms with Crippen molar-refractivity contribution in [3.8, 4) is 16.9 Å². The highest BCUT2D eigenvalue weighted by atomic mass is 16.6. The minimum Gasteiger partial charge on any atom is -0.442 e. The Morgan fingerprint density at radius 1 is 1.16 bits per heavy atom. The highest BCUT2D eigenvalue weighted by molar-refractivity contribution is 5.94. The van der Waals surface area contributed by atoms with Gasteiger partial charge in [-0.05, 0) is 48.2 Å². The number of aromatic nitrogens is 7. The molecular weight excluding hydrogens is 408 g/mol. The van der Waals surface area contributed by atoms with E-state index in [2.05, 4.69) is 31.7 Å². The van der Waals surface area contributed by atoms with Gasteiger partial charge in [0.15, 0.2) is 5.82 Å². The summed E-state index contributed by atoms with van der Waals surface area (Å²) in [6, 6.07) is 10.0. The molecule has 0 aliphatic carbocycles. The van der Waals surface area contributed by atoms with Gasteiger partial charge in [0.2, 0.25) is 0 Å². The zero-order chi connectivity index (χ0) is 21.7. The van der Waals surface area contributed by atoms with Gasteiger partial charge >= 0.3 is 6.09 Å². The maximum Gasteiger partial charge on any atom is 0.415 e. The molecule has 4 aromatic rings. The Kier molecular flexibility index (Phi) is 4.23. The maximum atomic E-state index is 12.5. The summed E-state index contributed by atoms with van der Waals surface area (Å²) < 4.78 is 8.99. The Bertz CT molecular complexity index is 1280. The van der Waals surface area contributed by atoms with Crippen molar-refractivity contribution in [2.45, 2.75) is 38.5 Å². The molecule has 1 amide bonds. The van der Waals surface area contributed by atoms with Crippen molar-refractivity contribution in [2.75, 3.05) is 4.90 Å². The van der Waals surface area contributed by atoms with E-state index in [9.17, 15) is 4.79 Å². The van der Waals surface area contributed by atoms with Crippen LogP contribution in [0.1, 0.15) is 18.2 Å². The molecule has 0 spiro atoms. The lowest BCUT2D eigenvalue weighted by molar-refractivity contribution is 0.117. The predicted octanol–water partition coefficient (Wildman–Crippen LogP) is 2.43. The summed E-state index contributed by atoms with van der Waals surface area (Å²) in [6.07, 6.45) is 8.11. The molecule has 2 atom stereocenters. The zero-order valence-corrected chi connectivity index (χ0v) is 17.4. The van der Waals surface area contributed by atoms with E-state index in [0.29, 0.717) is 6.54 Å². The van der Waals surface area contributed by atoms with Gasteiger partial charge in [-0.2, -0.15) is 0 Å². The van der Waals surface area contributed by atoms with E-state index >= 15 is 0 Å². The lowest BCUT2D eigenvalue weighted by Gasteiger charge is -2.16. The molecule has 160 valence electrons. The molecule has 1 fully saturated rings. The number of cyclic esters (lactones) is 1. The number of amides is 1. The van der Waals surface area contributed by atoms with Gasteiger partial charge < -0.3 is 4.74 Å².